The number of halogens is 2. The zero-order valence-corrected chi connectivity index (χ0v) is 13.6. The molecule has 0 unspecified atom stereocenters. The van der Waals surface area contributed by atoms with Crippen molar-refractivity contribution in [3.05, 3.63) is 45.1 Å². The summed E-state index contributed by atoms with van der Waals surface area (Å²) in [5.41, 5.74) is 4.00. The number of hydrazone groups is 1. The molecular formula is C12H8Br2N6O. The number of phenols is 1. The molecule has 0 atom stereocenters. The molecule has 0 bridgehead atoms. The number of hydrogen-bond donors (Lipinski definition) is 2. The Hall–Kier alpha value is -2.00. The monoisotopic (exact) mass is 410 g/mol. The molecule has 0 spiro atoms. The largest absolute Gasteiger partial charge is 0.506 e. The summed E-state index contributed by atoms with van der Waals surface area (Å²) in [5, 5.41) is 25.8. The second-order valence-electron chi connectivity index (χ2n) is 4.05. The van der Waals surface area contributed by atoms with E-state index in [1.807, 2.05) is 0 Å². The zero-order valence-electron chi connectivity index (χ0n) is 10.4. The van der Waals surface area contributed by atoms with E-state index in [2.05, 4.69) is 57.7 Å². The Morgan fingerprint density at radius 2 is 2.14 bits per heavy atom. The maximum atomic E-state index is 9.91. The van der Waals surface area contributed by atoms with E-state index in [0.717, 1.165) is 4.47 Å². The van der Waals surface area contributed by atoms with Gasteiger partial charge in [-0.2, -0.15) is 9.62 Å². The quantitative estimate of drug-likeness (QED) is 0.511. The molecule has 2 heterocycles. The molecule has 0 aliphatic rings. The lowest BCUT2D eigenvalue weighted by Gasteiger charge is -2.03. The molecule has 1 aromatic carbocycles. The van der Waals surface area contributed by atoms with Gasteiger partial charge in [0.25, 0.3) is 0 Å². The average molecular weight is 412 g/mol. The van der Waals surface area contributed by atoms with Crippen molar-refractivity contribution >= 4 is 49.5 Å². The molecule has 0 radical (unpaired) electrons. The van der Waals surface area contributed by atoms with Gasteiger partial charge >= 0.3 is 0 Å². The molecule has 0 fully saturated rings. The summed E-state index contributed by atoms with van der Waals surface area (Å²) in [6.45, 7) is 0. The molecule has 7 nitrogen and oxygen atoms in total. The van der Waals surface area contributed by atoms with E-state index in [9.17, 15) is 5.11 Å². The fourth-order valence-electron chi connectivity index (χ4n) is 1.64. The predicted octanol–water partition coefficient (Wildman–Crippen LogP) is 2.80. The highest BCUT2D eigenvalue weighted by molar-refractivity contribution is 9.11. The van der Waals surface area contributed by atoms with Crippen LogP contribution >= 0.6 is 31.9 Å². The van der Waals surface area contributed by atoms with Crippen molar-refractivity contribution in [2.45, 2.75) is 0 Å². The number of rotatable bonds is 3. The first kappa shape index (κ1) is 14.0. The van der Waals surface area contributed by atoms with Crippen LogP contribution in [0.1, 0.15) is 5.56 Å². The summed E-state index contributed by atoms with van der Waals surface area (Å²) >= 11 is 6.62. The summed E-state index contributed by atoms with van der Waals surface area (Å²) in [6, 6.07) is 7.01. The zero-order chi connectivity index (χ0) is 14.8. The lowest BCUT2D eigenvalue weighted by molar-refractivity contribution is 0.471. The van der Waals surface area contributed by atoms with Gasteiger partial charge in [0.15, 0.2) is 11.5 Å². The van der Waals surface area contributed by atoms with Gasteiger partial charge in [-0.05, 0) is 40.2 Å². The number of nitrogens with zero attached hydrogens (tertiary/aromatic N) is 5. The minimum Gasteiger partial charge on any atom is -0.506 e. The van der Waals surface area contributed by atoms with E-state index in [-0.39, 0.29) is 5.75 Å². The summed E-state index contributed by atoms with van der Waals surface area (Å²) in [7, 11) is 0. The minimum absolute atomic E-state index is 0.117. The second-order valence-corrected chi connectivity index (χ2v) is 5.82. The molecule has 3 rings (SSSR count). The topological polar surface area (TPSA) is 87.7 Å². The maximum absolute atomic E-state index is 9.91. The van der Waals surface area contributed by atoms with Gasteiger partial charge in [0, 0.05) is 10.0 Å². The van der Waals surface area contributed by atoms with Crippen LogP contribution in [-0.2, 0) is 0 Å². The SMILES string of the molecule is Oc1c(Br)cc(Br)cc1/C=N/Nc1ccc2nncn2n1. The number of hydrogen-bond acceptors (Lipinski definition) is 6. The predicted molar refractivity (Wildman–Crippen MR) is 85.5 cm³/mol. The molecule has 0 saturated carbocycles. The van der Waals surface area contributed by atoms with Crippen LogP contribution in [0.25, 0.3) is 5.65 Å². The van der Waals surface area contributed by atoms with Crippen molar-refractivity contribution in [2.24, 2.45) is 5.10 Å². The van der Waals surface area contributed by atoms with Gasteiger partial charge in [0.2, 0.25) is 0 Å². The van der Waals surface area contributed by atoms with Gasteiger partial charge in [-0.25, -0.2) is 0 Å². The molecule has 2 N–H and O–H groups in total. The summed E-state index contributed by atoms with van der Waals surface area (Å²) in [5.74, 6) is 0.651. The Balaban J connectivity index is 1.80. The van der Waals surface area contributed by atoms with Crippen LogP contribution in [0.3, 0.4) is 0 Å². The van der Waals surface area contributed by atoms with Crippen molar-refractivity contribution in [3.63, 3.8) is 0 Å². The van der Waals surface area contributed by atoms with Crippen LogP contribution in [-0.4, -0.2) is 31.1 Å². The van der Waals surface area contributed by atoms with Gasteiger partial charge < -0.3 is 5.11 Å². The molecule has 0 saturated heterocycles. The first-order chi connectivity index (χ1) is 10.1. The van der Waals surface area contributed by atoms with E-state index in [1.54, 1.807) is 24.3 Å². The van der Waals surface area contributed by atoms with Crippen molar-refractivity contribution < 1.29 is 5.11 Å². The van der Waals surface area contributed by atoms with E-state index >= 15 is 0 Å². The molecule has 2 aromatic heterocycles. The molecule has 0 aliphatic heterocycles. The van der Waals surface area contributed by atoms with Gasteiger partial charge in [-0.3, -0.25) is 5.43 Å². The number of anilines is 1. The van der Waals surface area contributed by atoms with E-state index in [4.69, 9.17) is 0 Å². The third kappa shape index (κ3) is 3.03. The summed E-state index contributed by atoms with van der Waals surface area (Å²) in [6.07, 6.45) is 3.00. The third-order valence-corrected chi connectivity index (χ3v) is 3.66. The van der Waals surface area contributed by atoms with Crippen LogP contribution in [0.4, 0.5) is 5.82 Å². The van der Waals surface area contributed by atoms with Crippen molar-refractivity contribution in [2.75, 3.05) is 5.43 Å². The highest BCUT2D eigenvalue weighted by Crippen LogP contribution is 2.30. The molecule has 3 aromatic rings. The normalized spacial score (nSPS) is 11.3. The Morgan fingerprint density at radius 1 is 1.29 bits per heavy atom. The van der Waals surface area contributed by atoms with Crippen LogP contribution < -0.4 is 5.43 Å². The first-order valence-corrected chi connectivity index (χ1v) is 7.36. The average Bonchev–Trinajstić information content (AvgIpc) is 2.91. The van der Waals surface area contributed by atoms with E-state index in [0.29, 0.717) is 21.5 Å². The Morgan fingerprint density at radius 3 is 3.00 bits per heavy atom. The molecule has 9 heteroatoms. The van der Waals surface area contributed by atoms with E-state index in [1.165, 1.54) is 17.1 Å². The highest BCUT2D eigenvalue weighted by Gasteiger charge is 2.05. The second kappa shape index (κ2) is 5.78. The van der Waals surface area contributed by atoms with Gasteiger partial charge in [-0.1, -0.05) is 15.9 Å². The molecule has 0 aliphatic carbocycles. The fourth-order valence-corrected chi connectivity index (χ4v) is 2.90. The van der Waals surface area contributed by atoms with Crippen LogP contribution in [0, 0.1) is 0 Å². The van der Waals surface area contributed by atoms with Crippen LogP contribution in [0.2, 0.25) is 0 Å². The third-order valence-electron chi connectivity index (χ3n) is 2.60. The first-order valence-electron chi connectivity index (χ1n) is 5.77. The molecule has 0 amide bonds. The minimum atomic E-state index is 0.117. The number of aromatic nitrogens is 4. The van der Waals surface area contributed by atoms with Crippen molar-refractivity contribution in [1.29, 1.82) is 0 Å². The number of fused-ring (bicyclic) bond motifs is 1. The maximum Gasteiger partial charge on any atom is 0.177 e. The molecular weight excluding hydrogens is 404 g/mol. The Labute approximate surface area is 136 Å². The lowest BCUT2D eigenvalue weighted by Crippen LogP contribution is -1.98. The number of phenolic OH excluding ortho intramolecular Hbond substituents is 1. The fraction of sp³-hybridized carbons (Fsp3) is 0. The number of benzene rings is 1. The molecule has 106 valence electrons. The Bertz CT molecular complexity index is 832. The smallest absolute Gasteiger partial charge is 0.177 e. The van der Waals surface area contributed by atoms with Gasteiger partial charge in [0.05, 0.1) is 10.7 Å². The van der Waals surface area contributed by atoms with Gasteiger partial charge in [-0.15, -0.1) is 15.3 Å². The van der Waals surface area contributed by atoms with Gasteiger partial charge in [0.1, 0.15) is 12.1 Å². The van der Waals surface area contributed by atoms with E-state index < -0.39 is 0 Å². The number of nitrogens with one attached hydrogen (secondary N) is 1. The summed E-state index contributed by atoms with van der Waals surface area (Å²) < 4.78 is 2.95. The van der Waals surface area contributed by atoms with Crippen molar-refractivity contribution in [3.8, 4) is 5.75 Å². The van der Waals surface area contributed by atoms with Crippen LogP contribution in [0.15, 0.2) is 44.6 Å². The standard InChI is InChI=1S/C12H8Br2N6O/c13-8-3-7(12(21)9(14)4-8)5-15-17-10-1-2-11-18-16-6-20(11)19-10/h1-6,21H,(H,17,19)/b15-5+. The highest BCUT2D eigenvalue weighted by atomic mass is 79.9. The number of aromatic hydroxyl groups is 1. The van der Waals surface area contributed by atoms with Crippen molar-refractivity contribution in [1.82, 2.24) is 19.8 Å². The Kier molecular flexibility index (Phi) is 3.84. The van der Waals surface area contributed by atoms with Crippen LogP contribution in [0.5, 0.6) is 5.75 Å². The molecule has 21 heavy (non-hydrogen) atoms. The lowest BCUT2D eigenvalue weighted by atomic mass is 10.2. The summed E-state index contributed by atoms with van der Waals surface area (Å²) in [4.78, 5) is 0.